The molecule has 0 aliphatic carbocycles. The molecule has 2 rings (SSSR count). The Bertz CT molecular complexity index is 658. The van der Waals surface area contributed by atoms with Crippen LogP contribution in [-0.2, 0) is 11.3 Å². The third-order valence-corrected chi connectivity index (χ3v) is 2.82. The summed E-state index contributed by atoms with van der Waals surface area (Å²) in [5.41, 5.74) is 0.488. The highest BCUT2D eigenvalue weighted by atomic mass is 19.1. The maximum atomic E-state index is 13.6. The Labute approximate surface area is 118 Å². The van der Waals surface area contributed by atoms with E-state index in [2.05, 4.69) is 15.0 Å². The fourth-order valence-electron chi connectivity index (χ4n) is 1.71. The van der Waals surface area contributed by atoms with E-state index in [9.17, 15) is 18.0 Å². The van der Waals surface area contributed by atoms with Crippen LogP contribution in [0.2, 0.25) is 0 Å². The zero-order valence-corrected chi connectivity index (χ0v) is 11.1. The van der Waals surface area contributed by atoms with Crippen LogP contribution in [0.25, 0.3) is 0 Å². The third kappa shape index (κ3) is 3.39. The number of hydrogen-bond donors (Lipinski definition) is 0. The Morgan fingerprint density at radius 3 is 2.81 bits per heavy atom. The monoisotopic (exact) mass is 299 g/mol. The van der Waals surface area contributed by atoms with Crippen molar-refractivity contribution in [3.8, 4) is 0 Å². The van der Waals surface area contributed by atoms with E-state index in [4.69, 9.17) is 0 Å². The molecule has 1 aromatic heterocycles. The van der Waals surface area contributed by atoms with Crippen LogP contribution < -0.4 is 0 Å². The minimum Gasteiger partial charge on any atom is -0.458 e. The van der Waals surface area contributed by atoms with E-state index in [1.807, 2.05) is 0 Å². The van der Waals surface area contributed by atoms with Gasteiger partial charge in [-0.3, -0.25) is 0 Å². The minimum atomic E-state index is -0.795. The fourth-order valence-corrected chi connectivity index (χ4v) is 1.71. The van der Waals surface area contributed by atoms with Crippen LogP contribution in [0.4, 0.5) is 13.2 Å². The van der Waals surface area contributed by atoms with E-state index < -0.39 is 24.3 Å². The van der Waals surface area contributed by atoms with E-state index in [0.29, 0.717) is 5.69 Å². The highest BCUT2D eigenvalue weighted by Gasteiger charge is 2.18. The van der Waals surface area contributed by atoms with Gasteiger partial charge in [-0.2, -0.15) is 0 Å². The summed E-state index contributed by atoms with van der Waals surface area (Å²) < 4.78 is 44.2. The van der Waals surface area contributed by atoms with Gasteiger partial charge in [0.2, 0.25) is 0 Å². The summed E-state index contributed by atoms with van der Waals surface area (Å²) >= 11 is 0. The van der Waals surface area contributed by atoms with Crippen LogP contribution in [-0.4, -0.2) is 34.2 Å². The van der Waals surface area contributed by atoms with E-state index in [0.717, 1.165) is 12.1 Å². The largest absolute Gasteiger partial charge is 0.458 e. The molecule has 21 heavy (non-hydrogen) atoms. The van der Waals surface area contributed by atoms with Gasteiger partial charge in [0.15, 0.2) is 5.69 Å². The summed E-state index contributed by atoms with van der Waals surface area (Å²) in [5.74, 6) is -2.19. The van der Waals surface area contributed by atoms with Crippen LogP contribution in [0.1, 0.15) is 21.7 Å². The van der Waals surface area contributed by atoms with Gasteiger partial charge in [-0.15, -0.1) is 5.10 Å². The van der Waals surface area contributed by atoms with Crippen LogP contribution >= 0.6 is 0 Å². The second-order valence-electron chi connectivity index (χ2n) is 4.24. The summed E-state index contributed by atoms with van der Waals surface area (Å²) in [5, 5.41) is 7.35. The average Bonchev–Trinajstić information content (AvgIpc) is 2.81. The van der Waals surface area contributed by atoms with Gasteiger partial charge in [-0.25, -0.2) is 22.6 Å². The molecule has 1 aromatic carbocycles. The SMILES string of the molecule is Cc1c(C(=O)OCCF)nnn1Cc1ccc(F)cc1F. The molecule has 5 nitrogen and oxygen atoms in total. The molecule has 0 radical (unpaired) electrons. The molecule has 0 aliphatic rings. The zero-order valence-electron chi connectivity index (χ0n) is 11.1. The number of carbonyl (C=O) groups excluding carboxylic acids is 1. The quantitative estimate of drug-likeness (QED) is 0.793. The van der Waals surface area contributed by atoms with Crippen LogP contribution in [0, 0.1) is 18.6 Å². The maximum absolute atomic E-state index is 13.6. The fraction of sp³-hybridized carbons (Fsp3) is 0.308. The predicted octanol–water partition coefficient (Wildman–Crippen LogP) is 2.04. The number of carbonyl (C=O) groups is 1. The number of halogens is 3. The first-order valence-electron chi connectivity index (χ1n) is 6.10. The lowest BCUT2D eigenvalue weighted by molar-refractivity contribution is 0.0473. The average molecular weight is 299 g/mol. The van der Waals surface area contributed by atoms with Gasteiger partial charge in [0.25, 0.3) is 0 Å². The first-order valence-corrected chi connectivity index (χ1v) is 6.10. The molecule has 0 bridgehead atoms. The molecule has 0 unspecified atom stereocenters. The van der Waals surface area contributed by atoms with Crippen molar-refractivity contribution >= 4 is 5.97 Å². The number of hydrogen-bond acceptors (Lipinski definition) is 4. The smallest absolute Gasteiger partial charge is 0.360 e. The van der Waals surface area contributed by atoms with Crippen LogP contribution in [0.15, 0.2) is 18.2 Å². The van der Waals surface area contributed by atoms with Gasteiger partial charge in [-0.1, -0.05) is 11.3 Å². The van der Waals surface area contributed by atoms with Gasteiger partial charge in [-0.05, 0) is 13.0 Å². The van der Waals surface area contributed by atoms with Gasteiger partial charge >= 0.3 is 5.97 Å². The number of alkyl halides is 1. The molecule has 0 saturated heterocycles. The molecule has 1 heterocycles. The second kappa shape index (κ2) is 6.38. The van der Waals surface area contributed by atoms with E-state index in [1.54, 1.807) is 6.92 Å². The lowest BCUT2D eigenvalue weighted by Crippen LogP contribution is -2.11. The van der Waals surface area contributed by atoms with Crippen molar-refractivity contribution in [3.63, 3.8) is 0 Å². The molecule has 112 valence electrons. The van der Waals surface area contributed by atoms with Crippen molar-refractivity contribution in [3.05, 3.63) is 46.8 Å². The first-order chi connectivity index (χ1) is 10.0. The van der Waals surface area contributed by atoms with Crippen LogP contribution in [0.5, 0.6) is 0 Å². The molecule has 0 aliphatic heterocycles. The maximum Gasteiger partial charge on any atom is 0.360 e. The number of aromatic nitrogens is 3. The zero-order chi connectivity index (χ0) is 15.4. The topological polar surface area (TPSA) is 57.0 Å². The summed E-state index contributed by atoms with van der Waals surface area (Å²) in [6.07, 6.45) is 0. The standard InChI is InChI=1S/C13H12F3N3O2/c1-8-12(13(20)21-5-4-14)17-18-19(8)7-9-2-3-10(15)6-11(9)16/h2-3,6H,4-5,7H2,1H3. The van der Waals surface area contributed by atoms with E-state index in [-0.39, 0.29) is 24.4 Å². The molecule has 8 heteroatoms. The molecular weight excluding hydrogens is 287 g/mol. The minimum absolute atomic E-state index is 0.0126. The molecular formula is C13H12F3N3O2. The van der Waals surface area contributed by atoms with E-state index in [1.165, 1.54) is 10.7 Å². The van der Waals surface area contributed by atoms with Gasteiger partial charge < -0.3 is 4.74 Å². The Morgan fingerprint density at radius 1 is 1.38 bits per heavy atom. The first kappa shape index (κ1) is 15.0. The van der Waals surface area contributed by atoms with Crippen molar-refractivity contribution < 1.29 is 22.7 Å². The Hall–Kier alpha value is -2.38. The molecule has 0 atom stereocenters. The molecule has 0 fully saturated rings. The van der Waals surface area contributed by atoms with Gasteiger partial charge in [0.1, 0.15) is 24.9 Å². The van der Waals surface area contributed by atoms with Crippen molar-refractivity contribution in [1.82, 2.24) is 15.0 Å². The summed E-state index contributed by atoms with van der Waals surface area (Å²) in [4.78, 5) is 11.6. The number of nitrogens with zero attached hydrogens (tertiary/aromatic N) is 3. The molecule has 0 amide bonds. The van der Waals surface area contributed by atoms with E-state index >= 15 is 0 Å². The number of esters is 1. The number of rotatable bonds is 5. The van der Waals surface area contributed by atoms with Crippen molar-refractivity contribution in [2.75, 3.05) is 13.3 Å². The van der Waals surface area contributed by atoms with Gasteiger partial charge in [0.05, 0.1) is 12.2 Å². The summed E-state index contributed by atoms with van der Waals surface area (Å²) in [6.45, 7) is 0.381. The Morgan fingerprint density at radius 2 is 2.14 bits per heavy atom. The number of ether oxygens (including phenoxy) is 1. The van der Waals surface area contributed by atoms with Crippen molar-refractivity contribution in [2.24, 2.45) is 0 Å². The lowest BCUT2D eigenvalue weighted by Gasteiger charge is -2.05. The molecule has 0 spiro atoms. The molecule has 2 aromatic rings. The normalized spacial score (nSPS) is 10.7. The molecule has 0 saturated carbocycles. The van der Waals surface area contributed by atoms with Crippen molar-refractivity contribution in [2.45, 2.75) is 13.5 Å². The summed E-state index contributed by atoms with van der Waals surface area (Å²) in [6, 6.07) is 3.17. The highest BCUT2D eigenvalue weighted by molar-refractivity contribution is 5.88. The van der Waals surface area contributed by atoms with Gasteiger partial charge in [0, 0.05) is 11.6 Å². The number of benzene rings is 1. The highest BCUT2D eigenvalue weighted by Crippen LogP contribution is 2.13. The van der Waals surface area contributed by atoms with Crippen molar-refractivity contribution in [1.29, 1.82) is 0 Å². The summed E-state index contributed by atoms with van der Waals surface area (Å²) in [7, 11) is 0. The lowest BCUT2D eigenvalue weighted by atomic mass is 10.2. The predicted molar refractivity (Wildman–Crippen MR) is 66.5 cm³/mol. The molecule has 0 N–H and O–H groups in total. The van der Waals surface area contributed by atoms with Crippen LogP contribution in [0.3, 0.4) is 0 Å². The Balaban J connectivity index is 2.18. The third-order valence-electron chi connectivity index (χ3n) is 2.82. The Kier molecular flexibility index (Phi) is 4.56. The second-order valence-corrected chi connectivity index (χ2v) is 4.24.